The van der Waals surface area contributed by atoms with Crippen LogP contribution in [-0.4, -0.2) is 32.6 Å². The molecule has 6 aromatic rings. The first-order valence-corrected chi connectivity index (χ1v) is 25.9. The van der Waals surface area contributed by atoms with Crippen LogP contribution in [0.4, 0.5) is 22.7 Å². The Bertz CT molecular complexity index is 3980. The van der Waals surface area contributed by atoms with E-state index in [4.69, 9.17) is 14.0 Å². The van der Waals surface area contributed by atoms with Crippen LogP contribution in [0.1, 0.15) is 57.6 Å². The van der Waals surface area contributed by atoms with Gasteiger partial charge in [0.25, 0.3) is 0 Å². The van der Waals surface area contributed by atoms with Crippen LogP contribution in [0.15, 0.2) is 159 Å². The number of nitrogens with two attached hydrogens (primary N) is 1. The lowest BCUT2D eigenvalue weighted by Gasteiger charge is -2.18. The molecule has 0 unspecified atom stereocenters. The van der Waals surface area contributed by atoms with E-state index in [9.17, 15) is 18.3 Å². The van der Waals surface area contributed by atoms with Gasteiger partial charge in [0.1, 0.15) is 29.2 Å². The summed E-state index contributed by atoms with van der Waals surface area (Å²) in [5, 5.41) is 26.0. The molecule has 0 bridgehead atoms. The van der Waals surface area contributed by atoms with E-state index in [1.807, 2.05) is 80.6 Å². The molecule has 6 aromatic carbocycles. The van der Waals surface area contributed by atoms with Gasteiger partial charge in [-0.3, -0.25) is 0 Å². The molecular weight excluding hydrogens is 955 g/mol. The van der Waals surface area contributed by atoms with Crippen molar-refractivity contribution < 1.29 is 37.1 Å². The van der Waals surface area contributed by atoms with E-state index in [-0.39, 0.29) is 25.3 Å². The summed E-state index contributed by atoms with van der Waals surface area (Å²) in [5.41, 5.74) is 16.8. The second kappa shape index (κ2) is 22.4. The third-order valence-corrected chi connectivity index (χ3v) is 14.0. The number of nitrogens with one attached hydrogen (secondary N) is 4. The van der Waals surface area contributed by atoms with E-state index in [2.05, 4.69) is 111 Å². The Balaban J connectivity index is 0.000000222. The number of carbonyl (C=O) groups is 1. The Morgan fingerprint density at radius 2 is 1.24 bits per heavy atom. The van der Waals surface area contributed by atoms with E-state index in [0.29, 0.717) is 22.5 Å². The highest BCUT2D eigenvalue weighted by molar-refractivity contribution is 7.89. The molecule has 12 heteroatoms. The molecule has 4 aliphatic rings. The molecule has 11 nitrogen and oxygen atoms in total. The van der Waals surface area contributed by atoms with Crippen molar-refractivity contribution in [2.75, 3.05) is 23.7 Å². The third-order valence-electron chi connectivity index (χ3n) is 13.1. The first-order chi connectivity index (χ1) is 35.0. The van der Waals surface area contributed by atoms with Crippen LogP contribution in [0, 0.1) is 56.4 Å². The van der Waals surface area contributed by atoms with Gasteiger partial charge in [-0.2, -0.15) is 0 Å². The zero-order chi connectivity index (χ0) is 51.7. The standard InChI is InChI=1S/C35H31N3O3S.C26H26N2O3.2CH3/c1-21-9-15-30(23(3)17-21)37-25-11-13-27-32(19-25)41-33-20-26(38-31-16-10-22(2)18-24(31)4)12-14-28(33)35(27)29-7-5-6-8-34(29)42(36,39)40;1-5-27-21-13-23-19(11-15(21)3)25(17-9-7-8-10-18(17)26(29)30)20-12-16(4)22(28-6-2)14-24(20)31-23;;/h5-20,37H,1-4H3,(H2,36,39,40);7-14,27H,5-6H2,1-4H3,(H,29,30);2*1H3/q;;2*-1/p+2. The van der Waals surface area contributed by atoms with Gasteiger partial charge in [-0.25, -0.2) is 28.3 Å². The van der Waals surface area contributed by atoms with Gasteiger partial charge < -0.3 is 39.4 Å². The van der Waals surface area contributed by atoms with Crippen molar-refractivity contribution in [3.63, 3.8) is 0 Å². The maximum Gasteiger partial charge on any atom is 0.336 e. The summed E-state index contributed by atoms with van der Waals surface area (Å²) in [7, 11) is -3.99. The number of aromatic carboxylic acids is 1. The molecule has 7 N–H and O–H groups in total. The van der Waals surface area contributed by atoms with E-state index < -0.39 is 16.0 Å². The van der Waals surface area contributed by atoms with Crippen molar-refractivity contribution in [2.24, 2.45) is 5.14 Å². The van der Waals surface area contributed by atoms with Gasteiger partial charge in [0.2, 0.25) is 26.4 Å². The number of carboxylic acid groups (broad SMARTS) is 1. The van der Waals surface area contributed by atoms with E-state index in [1.54, 1.807) is 30.3 Å². The molecule has 0 amide bonds. The molecule has 0 saturated heterocycles. The number of aryl methyl sites for hydroxylation is 6. The topological polar surface area (TPSA) is 176 Å². The van der Waals surface area contributed by atoms with Crippen molar-refractivity contribution in [3.8, 4) is 44.9 Å². The maximum absolute atomic E-state index is 12.7. The average Bonchev–Trinajstić information content (AvgIpc) is 3.35. The summed E-state index contributed by atoms with van der Waals surface area (Å²) in [6.45, 7) is 18.1. The first kappa shape index (κ1) is 54.5. The first-order valence-electron chi connectivity index (χ1n) is 24.3. The zero-order valence-corrected chi connectivity index (χ0v) is 45.1. The molecule has 2 aliphatic carbocycles. The minimum Gasteiger partial charge on any atom is -0.478 e. The van der Waals surface area contributed by atoms with E-state index in [1.165, 1.54) is 11.1 Å². The summed E-state index contributed by atoms with van der Waals surface area (Å²) in [6, 6.07) is 46.5. The Kier molecular flexibility index (Phi) is 16.3. The Morgan fingerprint density at radius 1 is 0.600 bits per heavy atom. The summed E-state index contributed by atoms with van der Waals surface area (Å²) >= 11 is 0. The van der Waals surface area contributed by atoms with Gasteiger partial charge in [-0.15, -0.1) is 0 Å². The molecule has 0 radical (unpaired) electrons. The number of benzene rings is 8. The van der Waals surface area contributed by atoms with Gasteiger partial charge >= 0.3 is 5.97 Å². The Hall–Kier alpha value is -8.32. The molecule has 2 aliphatic heterocycles. The fourth-order valence-electron chi connectivity index (χ4n) is 9.61. The molecule has 0 aromatic heterocycles. The minimum absolute atomic E-state index is 0. The Morgan fingerprint density at radius 3 is 1.92 bits per heavy atom. The summed E-state index contributed by atoms with van der Waals surface area (Å²) < 4.78 is 38.2. The highest BCUT2D eigenvalue weighted by atomic mass is 32.2. The molecular formula is C63H65N5O6S. The number of sulfonamides is 1. The molecule has 0 spiro atoms. The van der Waals surface area contributed by atoms with Crippen molar-refractivity contribution in [1.29, 1.82) is 0 Å². The summed E-state index contributed by atoms with van der Waals surface area (Å²) in [6.07, 6.45) is 0. The monoisotopic (exact) mass is 1020 g/mol. The van der Waals surface area contributed by atoms with Crippen LogP contribution in [0.2, 0.25) is 0 Å². The second-order valence-electron chi connectivity index (χ2n) is 18.5. The molecule has 10 rings (SSSR count). The van der Waals surface area contributed by atoms with Crippen molar-refractivity contribution in [3.05, 3.63) is 210 Å². The number of rotatable bonds is 10. The van der Waals surface area contributed by atoms with Crippen LogP contribution < -0.4 is 36.5 Å². The minimum atomic E-state index is -3.99. The van der Waals surface area contributed by atoms with Crippen LogP contribution in [-0.2, 0) is 10.0 Å². The van der Waals surface area contributed by atoms with Gasteiger partial charge in [-0.1, -0.05) is 65.7 Å². The van der Waals surface area contributed by atoms with Crippen LogP contribution in [0.25, 0.3) is 66.8 Å². The molecule has 0 saturated carbocycles. The zero-order valence-electron chi connectivity index (χ0n) is 44.2. The van der Waals surface area contributed by atoms with Crippen LogP contribution >= 0.6 is 0 Å². The number of hydrogen-bond acceptors (Lipinski definition) is 7. The molecule has 75 heavy (non-hydrogen) atoms. The fraction of sp³-hybridized carbons (Fsp3) is 0.159. The van der Waals surface area contributed by atoms with Crippen molar-refractivity contribution in [1.82, 2.24) is 0 Å². The lowest BCUT2D eigenvalue weighted by molar-refractivity contribution is -0.496. The quantitative estimate of drug-likeness (QED) is 0.0579. The maximum atomic E-state index is 12.7. The smallest absolute Gasteiger partial charge is 0.336 e. The molecule has 384 valence electrons. The SMILES string of the molecule is CCNc1cc2oc3cc(=[NH+]CC)c(C)cc-3c(-c3ccccc3C(=O)O)c2cc1C.Cc1ccc(Nc2ccc3c(-c4ccccc4S(N)(=O)=O)c4ccc(=[NH+]c5ccc(C)cc5C)cc-4oc3c2)c(C)c1.[CH3-].[CH3-]. The molecule has 0 fully saturated rings. The largest absolute Gasteiger partial charge is 0.478 e. The van der Waals surface area contributed by atoms with E-state index >= 15 is 0 Å². The van der Waals surface area contributed by atoms with Gasteiger partial charge in [0, 0.05) is 97.6 Å². The summed E-state index contributed by atoms with van der Waals surface area (Å²) in [4.78, 5) is 19.0. The fourth-order valence-corrected chi connectivity index (χ4v) is 10.4. The van der Waals surface area contributed by atoms with Crippen molar-refractivity contribution >= 4 is 60.7 Å². The normalized spacial score (nSPS) is 11.8. The lowest BCUT2D eigenvalue weighted by Crippen LogP contribution is -2.76. The van der Waals surface area contributed by atoms with Gasteiger partial charge in [0.05, 0.1) is 22.6 Å². The predicted molar refractivity (Wildman–Crippen MR) is 305 cm³/mol. The van der Waals surface area contributed by atoms with Gasteiger partial charge in [0.15, 0.2) is 0 Å². The number of primary sulfonamides is 1. The summed E-state index contributed by atoms with van der Waals surface area (Å²) in [5.74, 6) is 0.385. The highest BCUT2D eigenvalue weighted by Crippen LogP contribution is 2.44. The Labute approximate surface area is 439 Å². The highest BCUT2D eigenvalue weighted by Gasteiger charge is 2.25. The number of hydrogen-bond donors (Lipinski definition) is 6. The molecule has 2 heterocycles. The average molecular weight is 1020 g/mol. The van der Waals surface area contributed by atoms with Crippen LogP contribution in [0.3, 0.4) is 0 Å². The van der Waals surface area contributed by atoms with Crippen LogP contribution in [0.5, 0.6) is 0 Å². The molecule has 0 atom stereocenters. The number of carboxylic acids is 1. The van der Waals surface area contributed by atoms with Gasteiger partial charge in [-0.05, 0) is 127 Å². The number of fused-ring (bicyclic) bond motifs is 4. The van der Waals surface area contributed by atoms with Crippen molar-refractivity contribution in [2.45, 2.75) is 60.3 Å². The lowest BCUT2D eigenvalue weighted by atomic mass is 9.89. The van der Waals surface area contributed by atoms with E-state index in [0.717, 1.165) is 113 Å². The number of anilines is 3. The second-order valence-corrected chi connectivity index (χ2v) is 20.1. The predicted octanol–water partition coefficient (Wildman–Crippen LogP) is 11.0. The third kappa shape index (κ3) is 11.3.